The van der Waals surface area contributed by atoms with E-state index in [4.69, 9.17) is 0 Å². The molecule has 0 N–H and O–H groups in total. The van der Waals surface area contributed by atoms with Gasteiger partial charge in [0.15, 0.2) is 5.82 Å². The van der Waals surface area contributed by atoms with Gasteiger partial charge in [-0.15, -0.1) is 13.2 Å². The van der Waals surface area contributed by atoms with E-state index in [1.165, 1.54) is 35.3 Å². The average molecular weight is 257 g/mol. The summed E-state index contributed by atoms with van der Waals surface area (Å²) >= 11 is 0. The summed E-state index contributed by atoms with van der Waals surface area (Å²) in [4.78, 5) is 4.03. The number of benzene rings is 1. The third kappa shape index (κ3) is 2.99. The third-order valence-corrected chi connectivity index (χ3v) is 2.19. The Morgan fingerprint density at radius 1 is 1.22 bits per heavy atom. The molecule has 96 valence electrons. The van der Waals surface area contributed by atoms with Crippen molar-refractivity contribution in [2.75, 3.05) is 0 Å². The predicted molar refractivity (Wildman–Crippen MR) is 57.4 cm³/mol. The highest BCUT2D eigenvalue weighted by atomic mass is 19.4. The number of halogens is 3. The first-order valence-electron chi connectivity index (χ1n) is 5.24. The zero-order chi connectivity index (χ0) is 13.2. The lowest BCUT2D eigenvalue weighted by Crippen LogP contribution is -2.17. The number of ether oxygens (including phenoxy) is 1. The van der Waals surface area contributed by atoms with Gasteiger partial charge >= 0.3 is 6.36 Å². The van der Waals surface area contributed by atoms with Crippen LogP contribution in [-0.4, -0.2) is 21.1 Å². The van der Waals surface area contributed by atoms with Crippen molar-refractivity contribution in [1.82, 2.24) is 14.8 Å². The fraction of sp³-hybridized carbons (Fsp3) is 0.273. The topological polar surface area (TPSA) is 39.9 Å². The van der Waals surface area contributed by atoms with Crippen molar-refractivity contribution in [1.29, 1.82) is 0 Å². The number of hydrogen-bond acceptors (Lipinski definition) is 3. The molecule has 0 saturated heterocycles. The lowest BCUT2D eigenvalue weighted by molar-refractivity contribution is -0.274. The Kier molecular flexibility index (Phi) is 3.22. The molecule has 0 unspecified atom stereocenters. The molecule has 0 atom stereocenters. The molecule has 2 rings (SSSR count). The van der Waals surface area contributed by atoms with Crippen LogP contribution in [0.4, 0.5) is 13.2 Å². The number of hydrogen-bond donors (Lipinski definition) is 0. The van der Waals surface area contributed by atoms with Gasteiger partial charge in [0, 0.05) is 6.42 Å². The summed E-state index contributed by atoms with van der Waals surface area (Å²) < 4.78 is 41.2. The highest BCUT2D eigenvalue weighted by Gasteiger charge is 2.30. The molecule has 2 aromatic rings. The van der Waals surface area contributed by atoms with E-state index in [-0.39, 0.29) is 5.75 Å². The molecule has 0 bridgehead atoms. The SMILES string of the molecule is CCc1ncn(-c2ccc(OC(F)(F)F)cc2)n1. The molecule has 0 amide bonds. The smallest absolute Gasteiger partial charge is 0.406 e. The molecule has 0 aliphatic heterocycles. The van der Waals surface area contributed by atoms with E-state index in [0.717, 1.165) is 0 Å². The maximum absolute atomic E-state index is 12.0. The van der Waals surface area contributed by atoms with Crippen molar-refractivity contribution < 1.29 is 17.9 Å². The number of nitrogens with zero attached hydrogens (tertiary/aromatic N) is 3. The molecule has 0 saturated carbocycles. The van der Waals surface area contributed by atoms with Gasteiger partial charge in [-0.1, -0.05) is 6.92 Å². The number of alkyl halides is 3. The highest BCUT2D eigenvalue weighted by Crippen LogP contribution is 2.23. The molecule has 0 aliphatic carbocycles. The van der Waals surface area contributed by atoms with Crippen LogP contribution in [0.5, 0.6) is 5.75 Å². The van der Waals surface area contributed by atoms with Gasteiger partial charge in [0.25, 0.3) is 0 Å². The zero-order valence-electron chi connectivity index (χ0n) is 9.48. The first kappa shape index (κ1) is 12.4. The van der Waals surface area contributed by atoms with Crippen LogP contribution < -0.4 is 4.74 Å². The third-order valence-electron chi connectivity index (χ3n) is 2.19. The summed E-state index contributed by atoms with van der Waals surface area (Å²) in [5, 5.41) is 4.15. The standard InChI is InChI=1S/C11H10F3N3O/c1-2-10-15-7-17(16-10)8-3-5-9(6-4-8)18-11(12,13)14/h3-7H,2H2,1H3. The predicted octanol–water partition coefficient (Wildman–Crippen LogP) is 2.73. The van der Waals surface area contributed by atoms with Gasteiger partial charge in [-0.3, -0.25) is 0 Å². The minimum absolute atomic E-state index is 0.262. The summed E-state index contributed by atoms with van der Waals surface area (Å²) in [6.45, 7) is 1.92. The Morgan fingerprint density at radius 2 is 1.89 bits per heavy atom. The van der Waals surface area contributed by atoms with Crippen molar-refractivity contribution in [2.45, 2.75) is 19.7 Å². The summed E-state index contributed by atoms with van der Waals surface area (Å²) in [6.07, 6.45) is -2.47. The molecule has 0 spiro atoms. The lowest BCUT2D eigenvalue weighted by atomic mass is 10.3. The Balaban J connectivity index is 2.17. The minimum atomic E-state index is -4.68. The number of aryl methyl sites for hydroxylation is 1. The van der Waals surface area contributed by atoms with Crippen molar-refractivity contribution in [2.24, 2.45) is 0 Å². The Labute approximate surface area is 101 Å². The molecule has 1 heterocycles. The van der Waals surface area contributed by atoms with E-state index in [1.54, 1.807) is 0 Å². The van der Waals surface area contributed by atoms with Crippen LogP contribution in [0, 0.1) is 0 Å². The second kappa shape index (κ2) is 4.67. The number of rotatable bonds is 3. The fourth-order valence-corrected chi connectivity index (χ4v) is 1.38. The van der Waals surface area contributed by atoms with E-state index in [0.29, 0.717) is 17.9 Å². The highest BCUT2D eigenvalue weighted by molar-refractivity contribution is 5.36. The molecule has 0 aliphatic rings. The first-order chi connectivity index (χ1) is 8.48. The maximum Gasteiger partial charge on any atom is 0.573 e. The van der Waals surface area contributed by atoms with Crippen LogP contribution in [-0.2, 0) is 6.42 Å². The second-order valence-electron chi connectivity index (χ2n) is 3.50. The zero-order valence-corrected chi connectivity index (χ0v) is 9.48. The van der Waals surface area contributed by atoms with Crippen molar-refractivity contribution in [3.63, 3.8) is 0 Å². The molecule has 0 radical (unpaired) electrons. The van der Waals surface area contributed by atoms with Crippen LogP contribution in [0.15, 0.2) is 30.6 Å². The molecule has 1 aromatic heterocycles. The number of aromatic nitrogens is 3. The van der Waals surface area contributed by atoms with Gasteiger partial charge in [0.1, 0.15) is 12.1 Å². The van der Waals surface area contributed by atoms with Gasteiger partial charge in [-0.05, 0) is 24.3 Å². The summed E-state index contributed by atoms with van der Waals surface area (Å²) in [5.74, 6) is 0.410. The molecule has 0 fully saturated rings. The van der Waals surface area contributed by atoms with Crippen molar-refractivity contribution in [3.05, 3.63) is 36.4 Å². The van der Waals surface area contributed by atoms with E-state index < -0.39 is 6.36 Å². The monoisotopic (exact) mass is 257 g/mol. The van der Waals surface area contributed by atoms with Gasteiger partial charge in [-0.25, -0.2) is 9.67 Å². The summed E-state index contributed by atoms with van der Waals surface area (Å²) in [7, 11) is 0. The van der Waals surface area contributed by atoms with Crippen LogP contribution in [0.2, 0.25) is 0 Å². The summed E-state index contributed by atoms with van der Waals surface area (Å²) in [6, 6.07) is 5.43. The van der Waals surface area contributed by atoms with Crippen LogP contribution in [0.25, 0.3) is 5.69 Å². The molecule has 18 heavy (non-hydrogen) atoms. The summed E-state index contributed by atoms with van der Waals surface area (Å²) in [5.41, 5.74) is 0.622. The van der Waals surface area contributed by atoms with Crippen LogP contribution in [0.3, 0.4) is 0 Å². The van der Waals surface area contributed by atoms with Crippen molar-refractivity contribution in [3.8, 4) is 11.4 Å². The molecular weight excluding hydrogens is 247 g/mol. The van der Waals surface area contributed by atoms with E-state index in [9.17, 15) is 13.2 Å². The molecule has 4 nitrogen and oxygen atoms in total. The van der Waals surface area contributed by atoms with Crippen molar-refractivity contribution >= 4 is 0 Å². The minimum Gasteiger partial charge on any atom is -0.406 e. The molecular formula is C11H10F3N3O. The quantitative estimate of drug-likeness (QED) is 0.848. The van der Waals surface area contributed by atoms with E-state index in [2.05, 4.69) is 14.8 Å². The van der Waals surface area contributed by atoms with E-state index in [1.807, 2.05) is 6.92 Å². The van der Waals surface area contributed by atoms with Gasteiger partial charge in [-0.2, -0.15) is 5.10 Å². The maximum atomic E-state index is 12.0. The first-order valence-corrected chi connectivity index (χ1v) is 5.24. The van der Waals surface area contributed by atoms with Gasteiger partial charge < -0.3 is 4.74 Å². The Hall–Kier alpha value is -2.05. The molecule has 1 aromatic carbocycles. The largest absolute Gasteiger partial charge is 0.573 e. The van der Waals surface area contributed by atoms with Crippen LogP contribution >= 0.6 is 0 Å². The van der Waals surface area contributed by atoms with E-state index >= 15 is 0 Å². The van der Waals surface area contributed by atoms with Gasteiger partial charge in [0.2, 0.25) is 0 Å². The normalized spacial score (nSPS) is 11.6. The Morgan fingerprint density at radius 3 is 2.39 bits per heavy atom. The lowest BCUT2D eigenvalue weighted by Gasteiger charge is -2.09. The Bertz CT molecular complexity index is 519. The second-order valence-corrected chi connectivity index (χ2v) is 3.50. The van der Waals surface area contributed by atoms with Gasteiger partial charge in [0.05, 0.1) is 5.69 Å². The fourth-order valence-electron chi connectivity index (χ4n) is 1.38. The van der Waals surface area contributed by atoms with Crippen LogP contribution in [0.1, 0.15) is 12.7 Å². The molecule has 7 heteroatoms. The average Bonchev–Trinajstić information content (AvgIpc) is 2.76.